The van der Waals surface area contributed by atoms with Gasteiger partial charge in [-0.3, -0.25) is 4.90 Å². The first kappa shape index (κ1) is 22.8. The van der Waals surface area contributed by atoms with Gasteiger partial charge in [0.1, 0.15) is 0 Å². The van der Waals surface area contributed by atoms with E-state index in [9.17, 15) is 0 Å². The summed E-state index contributed by atoms with van der Waals surface area (Å²) in [4.78, 5) is 2.84. The Morgan fingerprint density at radius 3 is 1.84 bits per heavy atom. The molecular formula is C31H39N. The zero-order valence-corrected chi connectivity index (χ0v) is 19.7. The Bertz CT molecular complexity index is 890. The van der Waals surface area contributed by atoms with Crippen molar-refractivity contribution in [3.63, 3.8) is 0 Å². The molecule has 3 aromatic carbocycles. The molecule has 0 N–H and O–H groups in total. The lowest BCUT2D eigenvalue weighted by Gasteiger charge is -2.45. The summed E-state index contributed by atoms with van der Waals surface area (Å²) >= 11 is 0. The first-order valence-electron chi connectivity index (χ1n) is 12.7. The second-order valence-electron chi connectivity index (χ2n) is 9.66. The molecule has 0 saturated carbocycles. The summed E-state index contributed by atoms with van der Waals surface area (Å²) in [7, 11) is 0. The molecule has 0 spiro atoms. The molecule has 0 aliphatic carbocycles. The minimum atomic E-state index is 0.632. The average molecular weight is 426 g/mol. The van der Waals surface area contributed by atoms with Crippen LogP contribution in [-0.4, -0.2) is 24.0 Å². The molecule has 3 aromatic rings. The van der Waals surface area contributed by atoms with Crippen molar-refractivity contribution in [3.05, 3.63) is 108 Å². The maximum atomic E-state index is 2.84. The van der Waals surface area contributed by atoms with Gasteiger partial charge in [-0.15, -0.1) is 0 Å². The van der Waals surface area contributed by atoms with Crippen LogP contribution >= 0.6 is 0 Å². The van der Waals surface area contributed by atoms with E-state index < -0.39 is 0 Å². The van der Waals surface area contributed by atoms with Crippen LogP contribution in [0.5, 0.6) is 0 Å². The minimum Gasteiger partial charge on any atom is -0.299 e. The lowest BCUT2D eigenvalue weighted by molar-refractivity contribution is 0.0569. The van der Waals surface area contributed by atoms with Gasteiger partial charge < -0.3 is 0 Å². The first-order valence-corrected chi connectivity index (χ1v) is 12.7. The van der Waals surface area contributed by atoms with Gasteiger partial charge in [0, 0.05) is 19.1 Å². The van der Waals surface area contributed by atoms with Crippen LogP contribution in [0.3, 0.4) is 0 Å². The van der Waals surface area contributed by atoms with E-state index in [0.29, 0.717) is 6.04 Å². The van der Waals surface area contributed by atoms with Crippen LogP contribution in [0.1, 0.15) is 49.3 Å². The summed E-state index contributed by atoms with van der Waals surface area (Å²) in [5, 5.41) is 0. The Morgan fingerprint density at radius 2 is 1.25 bits per heavy atom. The summed E-state index contributed by atoms with van der Waals surface area (Å²) in [6.07, 6.45) is 8.88. The fourth-order valence-corrected chi connectivity index (χ4v) is 5.54. The Kier molecular flexibility index (Phi) is 8.56. The monoisotopic (exact) mass is 425 g/mol. The van der Waals surface area contributed by atoms with Crippen molar-refractivity contribution in [1.29, 1.82) is 0 Å². The van der Waals surface area contributed by atoms with Crippen molar-refractivity contribution in [2.45, 2.75) is 57.9 Å². The summed E-state index contributed by atoms with van der Waals surface area (Å²) < 4.78 is 0. The molecule has 1 aliphatic heterocycles. The Labute approximate surface area is 195 Å². The fraction of sp³-hybridized carbons (Fsp3) is 0.419. The van der Waals surface area contributed by atoms with Crippen LogP contribution in [0.25, 0.3) is 0 Å². The Balaban J connectivity index is 1.52. The van der Waals surface area contributed by atoms with Gasteiger partial charge in [0.15, 0.2) is 0 Å². The van der Waals surface area contributed by atoms with Gasteiger partial charge in [-0.25, -0.2) is 0 Å². The van der Waals surface area contributed by atoms with Gasteiger partial charge in [-0.2, -0.15) is 0 Å². The summed E-state index contributed by atoms with van der Waals surface area (Å²) in [6.45, 7) is 4.75. The molecular weight excluding hydrogens is 386 g/mol. The number of likely N-dealkylation sites (tertiary alicyclic amines) is 1. The van der Waals surface area contributed by atoms with Gasteiger partial charge in [-0.1, -0.05) is 111 Å². The fourth-order valence-electron chi connectivity index (χ4n) is 5.54. The van der Waals surface area contributed by atoms with Crippen LogP contribution in [-0.2, 0) is 19.3 Å². The predicted octanol–water partition coefficient (Wildman–Crippen LogP) is 7.21. The molecule has 0 amide bonds. The number of hydrogen-bond acceptors (Lipinski definition) is 1. The molecule has 1 heteroatoms. The van der Waals surface area contributed by atoms with E-state index in [-0.39, 0.29) is 0 Å². The standard InChI is InChI=1S/C31H39N/c1-2-3-19-29-25-32(21-20-26-13-7-4-8-14-26)31(23-28-17-11-6-12-18-28)24-30(29)22-27-15-9-5-10-16-27/h4-18,29-31H,2-3,19-25H2,1H3/t29-,30-,31?/m1/s1. The summed E-state index contributed by atoms with van der Waals surface area (Å²) in [5.74, 6) is 1.59. The van der Waals surface area contributed by atoms with Crippen molar-refractivity contribution in [3.8, 4) is 0 Å². The van der Waals surface area contributed by atoms with Crippen LogP contribution in [0.15, 0.2) is 91.0 Å². The van der Waals surface area contributed by atoms with Gasteiger partial charge in [0.05, 0.1) is 0 Å². The Morgan fingerprint density at radius 1 is 0.688 bits per heavy atom. The SMILES string of the molecule is CCCC[C@@H]1CN(CCc2ccccc2)C(Cc2ccccc2)C[C@H]1Cc1ccccc1. The Hall–Kier alpha value is -2.38. The van der Waals surface area contributed by atoms with Gasteiger partial charge in [0.25, 0.3) is 0 Å². The highest BCUT2D eigenvalue weighted by Crippen LogP contribution is 2.35. The van der Waals surface area contributed by atoms with Crippen LogP contribution < -0.4 is 0 Å². The zero-order valence-electron chi connectivity index (χ0n) is 19.7. The third kappa shape index (κ3) is 6.56. The molecule has 0 radical (unpaired) electrons. The smallest absolute Gasteiger partial charge is 0.0139 e. The largest absolute Gasteiger partial charge is 0.299 e. The van der Waals surface area contributed by atoms with Crippen molar-refractivity contribution in [1.82, 2.24) is 4.90 Å². The normalized spacial score (nSPS) is 21.5. The molecule has 168 valence electrons. The molecule has 1 heterocycles. The van der Waals surface area contributed by atoms with Crippen molar-refractivity contribution in [2.75, 3.05) is 13.1 Å². The van der Waals surface area contributed by atoms with E-state index in [1.165, 1.54) is 68.3 Å². The molecule has 1 saturated heterocycles. The molecule has 1 fully saturated rings. The molecule has 1 nitrogen and oxygen atoms in total. The van der Waals surface area contributed by atoms with Crippen LogP contribution in [0, 0.1) is 11.8 Å². The van der Waals surface area contributed by atoms with E-state index in [4.69, 9.17) is 0 Å². The van der Waals surface area contributed by atoms with E-state index >= 15 is 0 Å². The number of rotatable bonds is 10. The molecule has 1 unspecified atom stereocenters. The number of piperidine rings is 1. The average Bonchev–Trinajstić information content (AvgIpc) is 2.85. The summed E-state index contributed by atoms with van der Waals surface area (Å²) in [5.41, 5.74) is 4.45. The van der Waals surface area contributed by atoms with Crippen molar-refractivity contribution in [2.24, 2.45) is 11.8 Å². The minimum absolute atomic E-state index is 0.632. The topological polar surface area (TPSA) is 3.24 Å². The highest BCUT2D eigenvalue weighted by Gasteiger charge is 2.35. The zero-order chi connectivity index (χ0) is 22.0. The lowest BCUT2D eigenvalue weighted by atomic mass is 9.75. The molecule has 1 aliphatic rings. The van der Waals surface area contributed by atoms with Gasteiger partial charge in [0.2, 0.25) is 0 Å². The molecule has 0 bridgehead atoms. The van der Waals surface area contributed by atoms with Gasteiger partial charge in [-0.05, 0) is 60.6 Å². The van der Waals surface area contributed by atoms with E-state index in [0.717, 1.165) is 18.3 Å². The molecule has 4 rings (SSSR count). The van der Waals surface area contributed by atoms with Crippen LogP contribution in [0.4, 0.5) is 0 Å². The highest BCUT2D eigenvalue weighted by molar-refractivity contribution is 5.19. The third-order valence-electron chi connectivity index (χ3n) is 7.34. The van der Waals surface area contributed by atoms with E-state index in [1.807, 2.05) is 0 Å². The van der Waals surface area contributed by atoms with E-state index in [2.05, 4.69) is 103 Å². The number of hydrogen-bond donors (Lipinski definition) is 0. The molecule has 0 aromatic heterocycles. The molecule has 32 heavy (non-hydrogen) atoms. The predicted molar refractivity (Wildman–Crippen MR) is 137 cm³/mol. The summed E-state index contributed by atoms with van der Waals surface area (Å²) in [6, 6.07) is 34.0. The molecule has 3 atom stereocenters. The second-order valence-corrected chi connectivity index (χ2v) is 9.66. The quantitative estimate of drug-likeness (QED) is 0.332. The number of benzene rings is 3. The lowest BCUT2D eigenvalue weighted by Crippen LogP contribution is -2.49. The van der Waals surface area contributed by atoms with Crippen molar-refractivity contribution < 1.29 is 0 Å². The van der Waals surface area contributed by atoms with E-state index in [1.54, 1.807) is 0 Å². The maximum Gasteiger partial charge on any atom is 0.0139 e. The second kappa shape index (κ2) is 12.0. The van der Waals surface area contributed by atoms with Crippen LogP contribution in [0.2, 0.25) is 0 Å². The van der Waals surface area contributed by atoms with Gasteiger partial charge >= 0.3 is 0 Å². The third-order valence-corrected chi connectivity index (χ3v) is 7.34. The first-order chi connectivity index (χ1) is 15.8. The number of nitrogens with zero attached hydrogens (tertiary/aromatic N) is 1. The van der Waals surface area contributed by atoms with Crippen molar-refractivity contribution >= 4 is 0 Å². The number of unbranched alkanes of at least 4 members (excludes halogenated alkanes) is 1. The maximum absolute atomic E-state index is 2.84. The highest BCUT2D eigenvalue weighted by atomic mass is 15.2.